The zero-order valence-electron chi connectivity index (χ0n) is 17.7. The molecule has 0 bridgehead atoms. The number of fused-ring (bicyclic) bond motifs is 1. The molecule has 5 rings (SSSR count). The first-order chi connectivity index (χ1) is 15.6. The second-order valence-electron chi connectivity index (χ2n) is 7.87. The summed E-state index contributed by atoms with van der Waals surface area (Å²) in [5, 5.41) is 18.4. The van der Waals surface area contributed by atoms with Crippen LogP contribution in [0, 0.1) is 0 Å². The topological polar surface area (TPSA) is 57.8 Å². The van der Waals surface area contributed by atoms with E-state index in [1.165, 1.54) is 0 Å². The zero-order valence-corrected chi connectivity index (χ0v) is 17.7. The minimum atomic E-state index is -0.249. The van der Waals surface area contributed by atoms with Gasteiger partial charge in [-0.2, -0.15) is 5.10 Å². The number of benzene rings is 3. The first-order valence-electron chi connectivity index (χ1n) is 10.6. The molecule has 0 spiro atoms. The van der Waals surface area contributed by atoms with Gasteiger partial charge in [0.15, 0.2) is 0 Å². The van der Waals surface area contributed by atoms with Crippen molar-refractivity contribution in [1.29, 1.82) is 0 Å². The van der Waals surface area contributed by atoms with Gasteiger partial charge in [-0.25, -0.2) is 0 Å². The van der Waals surface area contributed by atoms with Crippen molar-refractivity contribution in [1.82, 2.24) is 4.57 Å². The highest BCUT2D eigenvalue weighted by Gasteiger charge is 2.30. The van der Waals surface area contributed by atoms with E-state index < -0.39 is 0 Å². The first kappa shape index (κ1) is 19.8. The van der Waals surface area contributed by atoms with Gasteiger partial charge in [-0.3, -0.25) is 9.80 Å². The van der Waals surface area contributed by atoms with Crippen molar-refractivity contribution in [2.45, 2.75) is 12.5 Å². The average Bonchev–Trinajstić information content (AvgIpc) is 3.26. The van der Waals surface area contributed by atoms with Crippen molar-refractivity contribution in [3.8, 4) is 5.75 Å². The number of aryl methyl sites for hydroxylation is 1. The third-order valence-electron chi connectivity index (χ3n) is 5.84. The number of anilines is 1. The summed E-state index contributed by atoms with van der Waals surface area (Å²) in [5.74, 6) is -0.0110. The molecular weight excluding hydrogens is 398 g/mol. The number of aromatic hydroxyl groups is 1. The van der Waals surface area contributed by atoms with Crippen molar-refractivity contribution >= 4 is 28.4 Å². The Bertz CT molecular complexity index is 1390. The Morgan fingerprint density at radius 1 is 0.938 bits per heavy atom. The second kappa shape index (κ2) is 8.19. The highest BCUT2D eigenvalue weighted by molar-refractivity contribution is 6.08. The monoisotopic (exact) mass is 421 g/mol. The summed E-state index contributed by atoms with van der Waals surface area (Å²) in [6.45, 7) is 0. The normalized spacial score (nSPS) is 16.1. The number of nitrogens with zero attached hydrogens (tertiary/aromatic N) is 3. The van der Waals surface area contributed by atoms with E-state index in [0.29, 0.717) is 23.0 Å². The van der Waals surface area contributed by atoms with Crippen LogP contribution in [0.4, 0.5) is 5.69 Å². The maximum absolute atomic E-state index is 13.2. The lowest BCUT2D eigenvalue weighted by Crippen LogP contribution is -2.25. The average molecular weight is 422 g/mol. The Kier molecular flexibility index (Phi) is 5.07. The van der Waals surface area contributed by atoms with E-state index in [9.17, 15) is 9.90 Å². The number of para-hydroxylation sites is 2. The molecule has 2 heterocycles. The zero-order chi connectivity index (χ0) is 22.1. The van der Waals surface area contributed by atoms with E-state index in [2.05, 4.69) is 12.2 Å². The minimum Gasteiger partial charge on any atom is -0.506 e. The van der Waals surface area contributed by atoms with Crippen LogP contribution in [-0.4, -0.2) is 21.4 Å². The molecule has 158 valence electrons. The lowest BCUT2D eigenvalue weighted by Gasteiger charge is -2.20. The molecule has 4 aromatic rings. The highest BCUT2D eigenvalue weighted by atomic mass is 16.3. The third-order valence-corrected chi connectivity index (χ3v) is 5.84. The van der Waals surface area contributed by atoms with E-state index in [1.807, 2.05) is 89.9 Å². The third kappa shape index (κ3) is 3.48. The van der Waals surface area contributed by atoms with Crippen molar-refractivity contribution in [2.24, 2.45) is 12.1 Å². The molecule has 0 saturated heterocycles. The fourth-order valence-corrected chi connectivity index (χ4v) is 4.19. The molecule has 1 atom stereocenters. The Hall–Kier alpha value is -4.12. The number of rotatable bonds is 4. The van der Waals surface area contributed by atoms with Gasteiger partial charge in [0.05, 0.1) is 23.0 Å². The predicted octanol–water partition coefficient (Wildman–Crippen LogP) is 4.94. The van der Waals surface area contributed by atoms with Crippen LogP contribution >= 0.6 is 0 Å². The number of pyridine rings is 1. The van der Waals surface area contributed by atoms with Crippen molar-refractivity contribution in [3.05, 3.63) is 112 Å². The Morgan fingerprint density at radius 2 is 1.59 bits per heavy atom. The second-order valence-corrected chi connectivity index (χ2v) is 7.87. The van der Waals surface area contributed by atoms with Gasteiger partial charge in [-0.1, -0.05) is 72.8 Å². The van der Waals surface area contributed by atoms with E-state index in [4.69, 9.17) is 5.10 Å². The smallest absolute Gasteiger partial charge is 0.263 e. The summed E-state index contributed by atoms with van der Waals surface area (Å²) in [4.78, 5) is 13.2. The van der Waals surface area contributed by atoms with Gasteiger partial charge in [-0.05, 0) is 29.8 Å². The Labute approximate surface area is 186 Å². The fraction of sp³-hybridized carbons (Fsp3) is 0.111. The molecule has 5 nitrogen and oxygen atoms in total. The summed E-state index contributed by atoms with van der Waals surface area (Å²) >= 11 is 0. The van der Waals surface area contributed by atoms with E-state index in [0.717, 1.165) is 11.3 Å². The highest BCUT2D eigenvalue weighted by Crippen LogP contribution is 2.32. The maximum atomic E-state index is 13.2. The molecule has 1 aromatic heterocycles. The Morgan fingerprint density at radius 3 is 2.34 bits per heavy atom. The van der Waals surface area contributed by atoms with Crippen molar-refractivity contribution in [2.75, 3.05) is 5.01 Å². The largest absolute Gasteiger partial charge is 0.506 e. The van der Waals surface area contributed by atoms with Crippen LogP contribution in [0.5, 0.6) is 5.75 Å². The number of aromatic nitrogens is 1. The summed E-state index contributed by atoms with van der Waals surface area (Å²) < 4.78 is 1.58. The molecule has 0 unspecified atom stereocenters. The van der Waals surface area contributed by atoms with Crippen LogP contribution in [0.15, 0.2) is 101 Å². The standard InChI is InChI=1S/C27H23N3O2/c1-29-24-15-9-8-14-22(24)26(31)25(27(29)32)23-18-21(17-16-19-10-4-2-5-11-19)30(28-23)20-12-6-3-7-13-20/h2-17,21,31H,18H2,1H3/b17-16+/t21-/m0/s1. The summed E-state index contributed by atoms with van der Waals surface area (Å²) in [6, 6.07) is 27.3. The summed E-state index contributed by atoms with van der Waals surface area (Å²) in [5.41, 5.74) is 3.32. The van der Waals surface area contributed by atoms with Crippen LogP contribution in [0.25, 0.3) is 17.0 Å². The van der Waals surface area contributed by atoms with E-state index in [1.54, 1.807) is 11.6 Å². The number of hydrazone groups is 1. The fourth-order valence-electron chi connectivity index (χ4n) is 4.19. The molecule has 1 aliphatic rings. The van der Waals surface area contributed by atoms with Crippen LogP contribution in [-0.2, 0) is 7.05 Å². The quantitative estimate of drug-likeness (QED) is 0.508. The summed E-state index contributed by atoms with van der Waals surface area (Å²) in [6.07, 6.45) is 4.68. The van der Waals surface area contributed by atoms with E-state index in [-0.39, 0.29) is 22.9 Å². The van der Waals surface area contributed by atoms with Crippen molar-refractivity contribution in [3.63, 3.8) is 0 Å². The Balaban J connectivity index is 1.61. The van der Waals surface area contributed by atoms with Crippen LogP contribution in [0.1, 0.15) is 17.5 Å². The van der Waals surface area contributed by atoms with Crippen LogP contribution in [0.2, 0.25) is 0 Å². The van der Waals surface area contributed by atoms with E-state index >= 15 is 0 Å². The van der Waals surface area contributed by atoms with Crippen LogP contribution < -0.4 is 10.6 Å². The van der Waals surface area contributed by atoms with Gasteiger partial charge in [0.2, 0.25) is 0 Å². The maximum Gasteiger partial charge on any atom is 0.263 e. The van der Waals surface area contributed by atoms with Gasteiger partial charge >= 0.3 is 0 Å². The molecule has 0 fully saturated rings. The molecule has 1 aliphatic heterocycles. The number of hydrogen-bond acceptors (Lipinski definition) is 4. The minimum absolute atomic E-state index is 0.0110. The summed E-state index contributed by atoms with van der Waals surface area (Å²) in [7, 11) is 1.73. The van der Waals surface area contributed by atoms with Crippen LogP contribution in [0.3, 0.4) is 0 Å². The van der Waals surface area contributed by atoms with Gasteiger partial charge in [0.1, 0.15) is 11.3 Å². The number of hydrogen-bond donors (Lipinski definition) is 1. The lowest BCUT2D eigenvalue weighted by atomic mass is 10.0. The van der Waals surface area contributed by atoms with Gasteiger partial charge in [0.25, 0.3) is 5.56 Å². The van der Waals surface area contributed by atoms with Gasteiger partial charge in [0, 0.05) is 18.9 Å². The molecule has 0 radical (unpaired) electrons. The predicted molar refractivity (Wildman–Crippen MR) is 130 cm³/mol. The molecule has 0 amide bonds. The van der Waals surface area contributed by atoms with Gasteiger partial charge < -0.3 is 9.67 Å². The molecular formula is C27H23N3O2. The molecule has 0 saturated carbocycles. The first-order valence-corrected chi connectivity index (χ1v) is 10.6. The molecule has 32 heavy (non-hydrogen) atoms. The SMILES string of the molecule is Cn1c(=O)c(C2=NN(c3ccccc3)[C@@H](/C=C/c3ccccc3)C2)c(O)c2ccccc21. The lowest BCUT2D eigenvalue weighted by molar-refractivity contribution is 0.478. The van der Waals surface area contributed by atoms with Crippen molar-refractivity contribution < 1.29 is 5.11 Å². The molecule has 5 heteroatoms. The van der Waals surface area contributed by atoms with Gasteiger partial charge in [-0.15, -0.1) is 0 Å². The molecule has 3 aromatic carbocycles. The molecule has 1 N–H and O–H groups in total. The molecule has 0 aliphatic carbocycles.